The van der Waals surface area contributed by atoms with Crippen LogP contribution in [0.25, 0.3) is 0 Å². The Labute approximate surface area is 804 Å². The molecule has 12 aliphatic carbocycles. The zero-order valence-corrected chi connectivity index (χ0v) is 86.2. The average molecular weight is 1940 g/mol. The molecule has 0 heterocycles. The summed E-state index contributed by atoms with van der Waals surface area (Å²) in [5, 5.41) is 40.3. The minimum absolute atomic E-state index is 0. The Morgan fingerprint density at radius 1 is 0.352 bits per heavy atom. The number of Topliss-reactive ketones (excluding diaryl/α,β-unsaturated/α-hetero) is 1. The Balaban J connectivity index is -0.000000149. The molecular formula is C97H191Fe4N5O14S2. The Morgan fingerprint density at radius 2 is 0.672 bits per heavy atom. The van der Waals surface area contributed by atoms with Crippen molar-refractivity contribution in [3.63, 3.8) is 0 Å². The van der Waals surface area contributed by atoms with Gasteiger partial charge >= 0.3 is 92.2 Å². The molecule has 732 valence electrons. The van der Waals surface area contributed by atoms with Crippen molar-refractivity contribution in [2.75, 3.05) is 144 Å². The number of nitrogens with zero attached hydrogens (tertiary/aromatic N) is 3. The van der Waals surface area contributed by atoms with Crippen LogP contribution in [0.2, 0.25) is 0 Å². The fourth-order valence-electron chi connectivity index (χ4n) is 18.6. The van der Waals surface area contributed by atoms with Crippen LogP contribution in [0.1, 0.15) is 341 Å². The number of carbonyl (C=O) groups is 6. The number of rotatable bonds is 45. The molecule has 12 saturated carbocycles. The van der Waals surface area contributed by atoms with Crippen molar-refractivity contribution in [3.05, 3.63) is 59.4 Å². The van der Waals surface area contributed by atoms with Gasteiger partial charge in [0.15, 0.2) is 5.78 Å². The van der Waals surface area contributed by atoms with Gasteiger partial charge in [-0.15, -0.1) is 0 Å². The van der Waals surface area contributed by atoms with Crippen LogP contribution in [-0.2, 0) is 116 Å². The van der Waals surface area contributed by atoms with Crippen LogP contribution in [0.15, 0.2) is 0 Å². The molecule has 1 amide bonds. The predicted molar refractivity (Wildman–Crippen MR) is 506 cm³/mol. The fraction of sp³-hybridized carbons (Fsp3) is 0.856. The minimum atomic E-state index is -0.939. The topological polar surface area (TPSA) is 254 Å². The first-order valence-electron chi connectivity index (χ1n) is 45.3. The Kier molecular flexibility index (Phi) is 114. The molecule has 0 atom stereocenters. The van der Waals surface area contributed by atoms with Gasteiger partial charge in [0.25, 0.3) is 0 Å². The van der Waals surface area contributed by atoms with E-state index < -0.39 is 23.9 Å². The van der Waals surface area contributed by atoms with E-state index in [1.54, 1.807) is 0 Å². The van der Waals surface area contributed by atoms with E-state index in [0.717, 1.165) is 126 Å². The first kappa shape index (κ1) is 142. The number of unbranched alkanes of at least 4 members (excludes halogenated alkanes) is 4. The SMILES string of the molecule is C1CCCC1.C1CCCC1.C1CCCC1.C1CCCC1.CC(=O)COCCOCCN(C)CC1CCCC1.CN(CCCCCC(=O)O)CC1CCCC1.CN(CCOCCOCC(=O)O)CC1CCCC1.O=C(O)CCCCCNCC1CCCC1.O=C(O)CSSCC(=O)NCCCC12CC3CC(CC(C3)C1)C2.[CH3-].[CH3-].[CH3-].[CH3-].[CH3-].[CH3-].[CH3-].[CH3-].[Fe+2].[Fe+2].[Fe+2].[Fe+2]. The molecule has 0 aromatic carbocycles. The molecule has 12 rings (SSSR count). The second-order valence-corrected chi connectivity index (χ2v) is 37.3. The van der Waals surface area contributed by atoms with Crippen LogP contribution in [0, 0.1) is 106 Å². The standard InChI is InChI=1S/C17H27NO3S2.C14H27NO3.C13H25NO4.C13H25NO2.C12H23NO2.4C5H10.8CH3.4Fe/c19-15(10-22-23-11-16(20)21)18-3-1-2-17-7-12-4-13(8-17)6-14(5-12)9-17;1-13(16)12-18-10-9-17-8-7-15(2)11-14-5-3-4-6-14;1-14(10-12-4-2-3-5-12)6-7-17-8-9-18-11-13(15)16;1-14(11-12-7-4-5-8-12)10-6-2-3-9-13(15)16;14-12(15)8-2-1-5-9-13-10-11-6-3-4-7-11;4*1-2-4-5-3-1;;;;;;;;;;;;/h12-14H,1-11H2,(H,18,19)(H,20,21);14H,3-12H2,1-2H3;12H,2-11H2,1H3,(H,15,16);12H,2-11H2,1H3,(H,15,16);11,13H,1-10H2,(H,14,15);4*1-5H2;8*1H3;;;;/q;;;;;;;;;8*-1;4*+2. The second-order valence-electron chi connectivity index (χ2n) is 34.8. The molecule has 0 aromatic heterocycles. The van der Waals surface area contributed by atoms with Crippen LogP contribution >= 0.6 is 21.6 Å². The fourth-order valence-corrected chi connectivity index (χ4v) is 20.2. The van der Waals surface area contributed by atoms with Gasteiger partial charge in [-0.05, 0) is 223 Å². The van der Waals surface area contributed by atoms with Crippen LogP contribution in [0.4, 0.5) is 0 Å². The quantitative estimate of drug-likeness (QED) is 0.0143. The van der Waals surface area contributed by atoms with Crippen molar-refractivity contribution >= 4 is 57.2 Å². The maximum absolute atomic E-state index is 11.7. The molecule has 25 heteroatoms. The van der Waals surface area contributed by atoms with Crippen molar-refractivity contribution in [1.29, 1.82) is 0 Å². The molecule has 12 fully saturated rings. The number of ether oxygens (including phenoxy) is 4. The summed E-state index contributed by atoms with van der Waals surface area (Å²) in [4.78, 5) is 70.5. The minimum Gasteiger partial charge on any atom is -0.481 e. The molecule has 12 aliphatic rings. The summed E-state index contributed by atoms with van der Waals surface area (Å²) in [5.41, 5.74) is 0.603. The molecular weight excluding hydrogens is 1750 g/mol. The van der Waals surface area contributed by atoms with Gasteiger partial charge in [-0.2, -0.15) is 0 Å². The monoisotopic (exact) mass is 1940 g/mol. The van der Waals surface area contributed by atoms with Gasteiger partial charge < -0.3 is 124 Å². The zero-order chi connectivity index (χ0) is 79.6. The number of hydrogen-bond acceptors (Lipinski definition) is 16. The first-order chi connectivity index (χ1) is 53.4. The zero-order valence-electron chi connectivity index (χ0n) is 80.2. The normalized spacial score (nSPS) is 19.7. The number of ketones is 1. The van der Waals surface area contributed by atoms with Crippen LogP contribution in [0.5, 0.6) is 0 Å². The number of aliphatic carboxylic acids is 4. The van der Waals surface area contributed by atoms with E-state index in [4.69, 9.17) is 39.4 Å². The average Bonchev–Trinajstić information content (AvgIpc) is 1.06. The number of amides is 1. The van der Waals surface area contributed by atoms with E-state index in [1.165, 1.54) is 331 Å². The van der Waals surface area contributed by atoms with E-state index in [9.17, 15) is 28.8 Å². The van der Waals surface area contributed by atoms with Gasteiger partial charge in [0, 0.05) is 52.1 Å². The summed E-state index contributed by atoms with van der Waals surface area (Å²) in [6.45, 7) is 14.4. The molecule has 0 spiro atoms. The summed E-state index contributed by atoms with van der Waals surface area (Å²) >= 11 is 0. The second kappa shape index (κ2) is 98.0. The number of hydrogen-bond donors (Lipinski definition) is 6. The van der Waals surface area contributed by atoms with Crippen LogP contribution in [-0.4, -0.2) is 215 Å². The summed E-state index contributed by atoms with van der Waals surface area (Å²) in [6, 6.07) is 0. The first-order valence-corrected chi connectivity index (χ1v) is 47.8. The molecule has 0 unspecified atom stereocenters. The molecule has 0 aliphatic heterocycles. The number of carbonyl (C=O) groups excluding carboxylic acids is 2. The smallest absolute Gasteiger partial charge is 0.481 e. The van der Waals surface area contributed by atoms with E-state index in [2.05, 4.69) is 46.5 Å². The Morgan fingerprint density at radius 3 is 1.01 bits per heavy atom. The van der Waals surface area contributed by atoms with Gasteiger partial charge in [-0.1, -0.05) is 214 Å². The van der Waals surface area contributed by atoms with E-state index in [-0.39, 0.29) is 158 Å². The Hall–Kier alpha value is -0.522. The van der Waals surface area contributed by atoms with Crippen molar-refractivity contribution < 1.29 is 136 Å². The van der Waals surface area contributed by atoms with Crippen molar-refractivity contribution in [1.82, 2.24) is 25.3 Å². The summed E-state index contributed by atoms with van der Waals surface area (Å²) in [7, 11) is 9.02. The van der Waals surface area contributed by atoms with Gasteiger partial charge in [-0.3, -0.25) is 24.0 Å². The number of likely N-dealkylation sites (N-methyl/N-ethyl adjacent to an activating group) is 2. The van der Waals surface area contributed by atoms with Crippen molar-refractivity contribution in [2.24, 2.45) is 46.8 Å². The summed E-state index contributed by atoms with van der Waals surface area (Å²) in [6.07, 6.45) is 70.1. The third kappa shape index (κ3) is 86.2. The molecule has 122 heavy (non-hydrogen) atoms. The van der Waals surface area contributed by atoms with Crippen molar-refractivity contribution in [2.45, 2.75) is 341 Å². The van der Waals surface area contributed by atoms with Crippen molar-refractivity contribution in [3.8, 4) is 0 Å². The van der Waals surface area contributed by atoms with E-state index >= 15 is 0 Å². The molecule has 6 N–H and O–H groups in total. The molecule has 4 bridgehead atoms. The molecule has 0 radical (unpaired) electrons. The van der Waals surface area contributed by atoms with Crippen LogP contribution < -0.4 is 10.6 Å². The number of carboxylic acids is 4. The molecule has 0 aromatic rings. The van der Waals surface area contributed by atoms with Gasteiger partial charge in [0.1, 0.15) is 19.0 Å². The Bertz CT molecular complexity index is 2090. The predicted octanol–water partition coefficient (Wildman–Crippen LogP) is 23.1. The van der Waals surface area contributed by atoms with Gasteiger partial charge in [0.2, 0.25) is 5.91 Å². The van der Waals surface area contributed by atoms with E-state index in [1.807, 2.05) is 0 Å². The molecule has 0 saturated heterocycles. The van der Waals surface area contributed by atoms with Gasteiger partial charge in [0.05, 0.1) is 45.4 Å². The largest absolute Gasteiger partial charge is 2.00 e. The van der Waals surface area contributed by atoms with E-state index in [0.29, 0.717) is 57.0 Å². The number of carboxylic acid groups (broad SMARTS) is 4. The summed E-state index contributed by atoms with van der Waals surface area (Å²) in [5.74, 6) is 3.95. The number of nitrogens with one attached hydrogen (secondary N) is 2. The maximum Gasteiger partial charge on any atom is 2.00 e. The van der Waals surface area contributed by atoms with Gasteiger partial charge in [-0.25, -0.2) is 4.79 Å². The maximum atomic E-state index is 11.7. The summed E-state index contributed by atoms with van der Waals surface area (Å²) < 4.78 is 20.9. The van der Waals surface area contributed by atoms with Crippen LogP contribution in [0.3, 0.4) is 0 Å². The third-order valence-electron chi connectivity index (χ3n) is 24.1. The molecule has 19 nitrogen and oxygen atoms in total. The third-order valence-corrected chi connectivity index (χ3v) is 26.2.